The Hall–Kier alpha value is -1.35. The summed E-state index contributed by atoms with van der Waals surface area (Å²) in [4.78, 5) is 12.4. The summed E-state index contributed by atoms with van der Waals surface area (Å²) in [5, 5.41) is 3.41. The maximum absolute atomic E-state index is 12.4. The zero-order valence-electron chi connectivity index (χ0n) is 11.2. The summed E-state index contributed by atoms with van der Waals surface area (Å²) >= 11 is 0. The number of hydrogen-bond donors (Lipinski definition) is 1. The number of fused-ring (bicyclic) bond motifs is 1. The zero-order valence-corrected chi connectivity index (χ0v) is 11.2. The molecule has 3 heteroatoms. The molecule has 0 saturated heterocycles. The number of hydrogen-bond acceptors (Lipinski definition) is 3. The first-order chi connectivity index (χ1) is 8.74. The first-order valence-corrected chi connectivity index (χ1v) is 6.75. The normalized spacial score (nSPS) is 21.7. The second kappa shape index (κ2) is 5.53. The third kappa shape index (κ3) is 2.15. The van der Waals surface area contributed by atoms with E-state index in [0.29, 0.717) is 6.61 Å². The molecule has 1 atom stereocenters. The molecule has 1 N–H and O–H groups in total. The molecule has 2 rings (SSSR count). The maximum atomic E-state index is 12.4. The fourth-order valence-corrected chi connectivity index (χ4v) is 2.67. The van der Waals surface area contributed by atoms with Gasteiger partial charge in [0.05, 0.1) is 6.61 Å². The monoisotopic (exact) mass is 247 g/mol. The minimum Gasteiger partial charge on any atom is -0.464 e. The molecular weight excluding hydrogens is 226 g/mol. The van der Waals surface area contributed by atoms with Gasteiger partial charge in [0, 0.05) is 0 Å². The number of nitrogens with one attached hydrogen (secondary N) is 1. The number of ether oxygens (including phenoxy) is 1. The van der Waals surface area contributed by atoms with Crippen LogP contribution in [0.2, 0.25) is 0 Å². The van der Waals surface area contributed by atoms with Crippen molar-refractivity contribution < 1.29 is 9.53 Å². The van der Waals surface area contributed by atoms with Crippen LogP contribution in [-0.2, 0) is 21.5 Å². The van der Waals surface area contributed by atoms with Gasteiger partial charge >= 0.3 is 5.97 Å². The maximum Gasteiger partial charge on any atom is 0.331 e. The minimum absolute atomic E-state index is 0.136. The highest BCUT2D eigenvalue weighted by molar-refractivity contribution is 5.84. The lowest BCUT2D eigenvalue weighted by molar-refractivity contribution is -0.151. The molecular formula is C15H21NO2. The van der Waals surface area contributed by atoms with Crippen LogP contribution in [0.3, 0.4) is 0 Å². The van der Waals surface area contributed by atoms with Gasteiger partial charge < -0.3 is 4.74 Å². The molecule has 98 valence electrons. The van der Waals surface area contributed by atoms with Crippen molar-refractivity contribution in [3.8, 4) is 0 Å². The summed E-state index contributed by atoms with van der Waals surface area (Å²) in [5.41, 5.74) is 1.73. The molecule has 1 aliphatic rings. The molecule has 0 bridgehead atoms. The lowest BCUT2D eigenvalue weighted by Crippen LogP contribution is -2.48. The third-order valence-corrected chi connectivity index (χ3v) is 3.55. The molecule has 0 radical (unpaired) electrons. The largest absolute Gasteiger partial charge is 0.464 e. The van der Waals surface area contributed by atoms with Crippen LogP contribution < -0.4 is 5.32 Å². The van der Waals surface area contributed by atoms with Crippen LogP contribution in [0.15, 0.2) is 24.3 Å². The summed E-state index contributed by atoms with van der Waals surface area (Å²) in [6, 6.07) is 8.16. The van der Waals surface area contributed by atoms with E-state index in [4.69, 9.17) is 4.74 Å². The second-order valence-electron chi connectivity index (χ2n) is 4.71. The van der Waals surface area contributed by atoms with Gasteiger partial charge in [-0.2, -0.15) is 0 Å². The van der Waals surface area contributed by atoms with Gasteiger partial charge in [-0.3, -0.25) is 5.32 Å². The molecule has 0 aromatic heterocycles. The molecule has 0 heterocycles. The Kier molecular flexibility index (Phi) is 4.02. The smallest absolute Gasteiger partial charge is 0.331 e. The minimum atomic E-state index is -0.622. The number of carbonyl (C=O) groups is 1. The summed E-state index contributed by atoms with van der Waals surface area (Å²) < 4.78 is 5.28. The van der Waals surface area contributed by atoms with Crippen LogP contribution in [0.1, 0.15) is 37.8 Å². The Morgan fingerprint density at radius 3 is 2.89 bits per heavy atom. The Morgan fingerprint density at radius 1 is 1.39 bits per heavy atom. The quantitative estimate of drug-likeness (QED) is 0.812. The molecule has 1 aliphatic carbocycles. The summed E-state index contributed by atoms with van der Waals surface area (Å²) in [7, 11) is 0. The molecule has 3 nitrogen and oxygen atoms in total. The van der Waals surface area contributed by atoms with Crippen LogP contribution in [-0.4, -0.2) is 19.1 Å². The fraction of sp³-hybridized carbons (Fsp3) is 0.533. The molecule has 0 amide bonds. The summed E-state index contributed by atoms with van der Waals surface area (Å²) in [5.74, 6) is -0.136. The lowest BCUT2D eigenvalue weighted by Gasteiger charge is -2.29. The van der Waals surface area contributed by atoms with E-state index in [1.54, 1.807) is 0 Å². The molecule has 0 aliphatic heterocycles. The van der Waals surface area contributed by atoms with Gasteiger partial charge in [-0.1, -0.05) is 31.2 Å². The van der Waals surface area contributed by atoms with E-state index in [0.717, 1.165) is 31.4 Å². The number of rotatable bonds is 5. The second-order valence-corrected chi connectivity index (χ2v) is 4.71. The molecule has 1 aromatic carbocycles. The molecule has 0 spiro atoms. The van der Waals surface area contributed by atoms with Crippen LogP contribution in [0.25, 0.3) is 0 Å². The topological polar surface area (TPSA) is 38.3 Å². The van der Waals surface area contributed by atoms with E-state index in [-0.39, 0.29) is 5.97 Å². The SMILES string of the molecule is CCCNC1(C(=O)OCC)CCc2ccccc21. The van der Waals surface area contributed by atoms with E-state index in [1.807, 2.05) is 25.1 Å². The van der Waals surface area contributed by atoms with Gasteiger partial charge in [0.1, 0.15) is 5.54 Å². The first-order valence-electron chi connectivity index (χ1n) is 6.75. The van der Waals surface area contributed by atoms with E-state index in [9.17, 15) is 4.79 Å². The number of aryl methyl sites for hydroxylation is 1. The molecule has 0 fully saturated rings. The van der Waals surface area contributed by atoms with Crippen molar-refractivity contribution in [2.45, 2.75) is 38.6 Å². The molecule has 18 heavy (non-hydrogen) atoms. The van der Waals surface area contributed by atoms with Crippen molar-refractivity contribution in [2.75, 3.05) is 13.2 Å². The van der Waals surface area contributed by atoms with E-state index in [2.05, 4.69) is 18.3 Å². The van der Waals surface area contributed by atoms with Crippen LogP contribution in [0, 0.1) is 0 Å². The molecule has 1 aromatic rings. The Balaban J connectivity index is 2.35. The van der Waals surface area contributed by atoms with E-state index in [1.165, 1.54) is 5.56 Å². The highest BCUT2D eigenvalue weighted by Gasteiger charge is 2.45. The predicted molar refractivity (Wildman–Crippen MR) is 71.4 cm³/mol. The molecule has 0 saturated carbocycles. The van der Waals surface area contributed by atoms with Crippen molar-refractivity contribution in [1.82, 2.24) is 5.32 Å². The summed E-state index contributed by atoms with van der Waals surface area (Å²) in [6.07, 6.45) is 2.74. The van der Waals surface area contributed by atoms with Crippen LogP contribution in [0.5, 0.6) is 0 Å². The fourth-order valence-electron chi connectivity index (χ4n) is 2.67. The van der Waals surface area contributed by atoms with Crippen LogP contribution >= 0.6 is 0 Å². The van der Waals surface area contributed by atoms with Crippen molar-refractivity contribution in [3.05, 3.63) is 35.4 Å². The van der Waals surface area contributed by atoms with Gasteiger partial charge in [-0.25, -0.2) is 4.79 Å². The average Bonchev–Trinajstić information content (AvgIpc) is 2.77. The van der Waals surface area contributed by atoms with Crippen molar-refractivity contribution in [1.29, 1.82) is 0 Å². The van der Waals surface area contributed by atoms with Crippen molar-refractivity contribution >= 4 is 5.97 Å². The third-order valence-electron chi connectivity index (χ3n) is 3.55. The number of carbonyl (C=O) groups excluding carboxylic acids is 1. The van der Waals surface area contributed by atoms with Gasteiger partial charge in [0.2, 0.25) is 0 Å². The first kappa shape index (κ1) is 13.1. The zero-order chi connectivity index (χ0) is 13.0. The lowest BCUT2D eigenvalue weighted by atomic mass is 9.91. The van der Waals surface area contributed by atoms with Crippen molar-refractivity contribution in [2.24, 2.45) is 0 Å². The average molecular weight is 247 g/mol. The highest BCUT2D eigenvalue weighted by atomic mass is 16.5. The van der Waals surface area contributed by atoms with Crippen LogP contribution in [0.4, 0.5) is 0 Å². The summed E-state index contributed by atoms with van der Waals surface area (Å²) in [6.45, 7) is 5.21. The Labute approximate surface area is 109 Å². The highest BCUT2D eigenvalue weighted by Crippen LogP contribution is 2.37. The van der Waals surface area contributed by atoms with Gasteiger partial charge in [0.15, 0.2) is 0 Å². The standard InChI is InChI=1S/C15H21NO2/c1-3-11-16-15(14(17)18-4-2)10-9-12-7-5-6-8-13(12)15/h5-8,16H,3-4,9-11H2,1-2H3. The van der Waals surface area contributed by atoms with E-state index >= 15 is 0 Å². The van der Waals surface area contributed by atoms with Gasteiger partial charge in [-0.15, -0.1) is 0 Å². The van der Waals surface area contributed by atoms with Crippen molar-refractivity contribution in [3.63, 3.8) is 0 Å². The predicted octanol–water partition coefficient (Wildman–Crippen LogP) is 2.39. The number of esters is 1. The van der Waals surface area contributed by atoms with Gasteiger partial charge in [0.25, 0.3) is 0 Å². The van der Waals surface area contributed by atoms with Gasteiger partial charge in [-0.05, 0) is 43.9 Å². The number of benzene rings is 1. The Bertz CT molecular complexity index is 430. The Morgan fingerprint density at radius 2 is 2.17 bits per heavy atom. The molecule has 1 unspecified atom stereocenters. The van der Waals surface area contributed by atoms with E-state index < -0.39 is 5.54 Å².